The molecule has 0 unspecified atom stereocenters. The molecule has 0 aromatic heterocycles. The second kappa shape index (κ2) is 6.59. The average molecular weight is 255 g/mol. The first-order chi connectivity index (χ1) is 9.28. The first-order valence-corrected chi connectivity index (χ1v) is 6.27. The molecule has 0 radical (unpaired) electrons. The highest BCUT2D eigenvalue weighted by Crippen LogP contribution is 2.21. The summed E-state index contributed by atoms with van der Waals surface area (Å²) in [5.74, 6) is 1.65. The maximum Gasteiger partial charge on any atom is 0.127 e. The molecule has 2 aromatic rings. The van der Waals surface area contributed by atoms with Crippen LogP contribution in [0.5, 0.6) is 11.5 Å². The standard InChI is InChI=1S/C16H17NO2/c1-13(17-18)7-8-14-9-11-16(12-10-14)19-15-5-3-2-4-6-15/h2-6,9-12,18H,7-8H2,1H3/b17-13-. The molecular formula is C16H17NO2. The zero-order valence-corrected chi connectivity index (χ0v) is 10.9. The third-order valence-corrected chi connectivity index (χ3v) is 2.85. The smallest absolute Gasteiger partial charge is 0.127 e. The molecule has 0 fully saturated rings. The lowest BCUT2D eigenvalue weighted by Crippen LogP contribution is -1.95. The highest BCUT2D eigenvalue weighted by molar-refractivity contribution is 5.81. The van der Waals surface area contributed by atoms with Crippen LogP contribution in [0.1, 0.15) is 18.9 Å². The summed E-state index contributed by atoms with van der Waals surface area (Å²) in [5.41, 5.74) is 1.94. The molecule has 0 bridgehead atoms. The van der Waals surface area contributed by atoms with Gasteiger partial charge in [-0.3, -0.25) is 0 Å². The minimum atomic E-state index is 0.740. The summed E-state index contributed by atoms with van der Waals surface area (Å²) in [6.07, 6.45) is 1.62. The van der Waals surface area contributed by atoms with Crippen molar-refractivity contribution in [3.8, 4) is 11.5 Å². The highest BCUT2D eigenvalue weighted by atomic mass is 16.5. The van der Waals surface area contributed by atoms with Gasteiger partial charge in [-0.05, 0) is 49.6 Å². The maximum atomic E-state index is 8.59. The average Bonchev–Trinajstić information content (AvgIpc) is 2.47. The lowest BCUT2D eigenvalue weighted by Gasteiger charge is -2.06. The molecule has 0 heterocycles. The number of rotatable bonds is 5. The summed E-state index contributed by atoms with van der Waals surface area (Å²) >= 11 is 0. The normalized spacial score (nSPS) is 11.3. The zero-order valence-electron chi connectivity index (χ0n) is 10.9. The van der Waals surface area contributed by atoms with Gasteiger partial charge in [0, 0.05) is 0 Å². The summed E-state index contributed by atoms with van der Waals surface area (Å²) in [7, 11) is 0. The lowest BCUT2D eigenvalue weighted by molar-refractivity contribution is 0.317. The van der Waals surface area contributed by atoms with Crippen molar-refractivity contribution in [2.45, 2.75) is 19.8 Å². The van der Waals surface area contributed by atoms with Gasteiger partial charge in [0.05, 0.1) is 5.71 Å². The van der Waals surface area contributed by atoms with Crippen molar-refractivity contribution in [1.82, 2.24) is 0 Å². The zero-order chi connectivity index (χ0) is 13.5. The van der Waals surface area contributed by atoms with Crippen LogP contribution in [0.15, 0.2) is 59.8 Å². The van der Waals surface area contributed by atoms with Crippen molar-refractivity contribution in [3.05, 3.63) is 60.2 Å². The predicted molar refractivity (Wildman–Crippen MR) is 76.2 cm³/mol. The molecule has 0 amide bonds. The Kier molecular flexibility index (Phi) is 4.56. The Bertz CT molecular complexity index is 532. The summed E-state index contributed by atoms with van der Waals surface area (Å²) in [6, 6.07) is 17.7. The molecule has 0 atom stereocenters. The highest BCUT2D eigenvalue weighted by Gasteiger charge is 1.99. The van der Waals surface area contributed by atoms with E-state index in [0.717, 1.165) is 30.1 Å². The van der Waals surface area contributed by atoms with E-state index >= 15 is 0 Å². The van der Waals surface area contributed by atoms with Crippen molar-refractivity contribution in [2.24, 2.45) is 5.16 Å². The van der Waals surface area contributed by atoms with Crippen LogP contribution in [-0.4, -0.2) is 10.9 Å². The van der Waals surface area contributed by atoms with Gasteiger partial charge in [0.2, 0.25) is 0 Å². The first kappa shape index (κ1) is 13.1. The minimum absolute atomic E-state index is 0.740. The van der Waals surface area contributed by atoms with Gasteiger partial charge in [-0.25, -0.2) is 0 Å². The van der Waals surface area contributed by atoms with Gasteiger partial charge in [0.1, 0.15) is 11.5 Å². The number of ether oxygens (including phenoxy) is 1. The second-order valence-corrected chi connectivity index (χ2v) is 4.39. The monoisotopic (exact) mass is 255 g/mol. The van der Waals surface area contributed by atoms with Crippen LogP contribution in [0.3, 0.4) is 0 Å². The molecule has 0 saturated carbocycles. The molecule has 0 aliphatic carbocycles. The molecule has 2 aromatic carbocycles. The van der Waals surface area contributed by atoms with E-state index in [2.05, 4.69) is 5.16 Å². The molecule has 3 heteroatoms. The van der Waals surface area contributed by atoms with E-state index < -0.39 is 0 Å². The van der Waals surface area contributed by atoms with Crippen molar-refractivity contribution in [3.63, 3.8) is 0 Å². The quantitative estimate of drug-likeness (QED) is 0.492. The van der Waals surface area contributed by atoms with Crippen molar-refractivity contribution in [1.29, 1.82) is 0 Å². The summed E-state index contributed by atoms with van der Waals surface area (Å²) in [4.78, 5) is 0. The molecule has 0 aliphatic rings. The Hall–Kier alpha value is -2.29. The largest absolute Gasteiger partial charge is 0.457 e. The van der Waals surface area contributed by atoms with E-state index in [1.165, 1.54) is 5.56 Å². The predicted octanol–water partition coefficient (Wildman–Crippen LogP) is 4.26. The Morgan fingerprint density at radius 2 is 1.63 bits per heavy atom. The van der Waals surface area contributed by atoms with Gasteiger partial charge in [-0.15, -0.1) is 0 Å². The fraction of sp³-hybridized carbons (Fsp3) is 0.188. The van der Waals surface area contributed by atoms with Crippen LogP contribution in [-0.2, 0) is 6.42 Å². The molecule has 19 heavy (non-hydrogen) atoms. The van der Waals surface area contributed by atoms with Crippen molar-refractivity contribution >= 4 is 5.71 Å². The Balaban J connectivity index is 1.95. The number of hydrogen-bond acceptors (Lipinski definition) is 3. The van der Waals surface area contributed by atoms with Gasteiger partial charge in [0.15, 0.2) is 0 Å². The van der Waals surface area contributed by atoms with Crippen LogP contribution in [0.4, 0.5) is 0 Å². The third-order valence-electron chi connectivity index (χ3n) is 2.85. The summed E-state index contributed by atoms with van der Waals surface area (Å²) in [5, 5.41) is 11.8. The number of nitrogens with zero attached hydrogens (tertiary/aromatic N) is 1. The topological polar surface area (TPSA) is 41.8 Å². The van der Waals surface area contributed by atoms with E-state index in [0.29, 0.717) is 0 Å². The van der Waals surface area contributed by atoms with Crippen molar-refractivity contribution in [2.75, 3.05) is 0 Å². The second-order valence-electron chi connectivity index (χ2n) is 4.39. The summed E-state index contributed by atoms with van der Waals surface area (Å²) in [6.45, 7) is 1.81. The minimum Gasteiger partial charge on any atom is -0.457 e. The Labute approximate surface area is 113 Å². The van der Waals surface area contributed by atoms with E-state index in [-0.39, 0.29) is 0 Å². The molecular weight excluding hydrogens is 238 g/mol. The number of aryl methyl sites for hydroxylation is 1. The molecule has 2 rings (SSSR count). The van der Waals surface area contributed by atoms with Gasteiger partial charge in [-0.2, -0.15) is 0 Å². The van der Waals surface area contributed by atoms with Crippen LogP contribution in [0.2, 0.25) is 0 Å². The van der Waals surface area contributed by atoms with Gasteiger partial charge >= 0.3 is 0 Å². The SMILES string of the molecule is C/C(CCc1ccc(Oc2ccccc2)cc1)=N/O. The molecule has 0 spiro atoms. The van der Waals surface area contributed by atoms with E-state index in [1.54, 1.807) is 0 Å². The fourth-order valence-corrected chi connectivity index (χ4v) is 1.72. The fourth-order valence-electron chi connectivity index (χ4n) is 1.72. The molecule has 3 nitrogen and oxygen atoms in total. The molecule has 0 saturated heterocycles. The van der Waals surface area contributed by atoms with E-state index in [1.807, 2.05) is 61.5 Å². The lowest BCUT2D eigenvalue weighted by atomic mass is 10.1. The first-order valence-electron chi connectivity index (χ1n) is 6.27. The van der Waals surface area contributed by atoms with Crippen LogP contribution < -0.4 is 4.74 Å². The third kappa shape index (κ3) is 4.14. The van der Waals surface area contributed by atoms with Crippen molar-refractivity contribution < 1.29 is 9.94 Å². The van der Waals surface area contributed by atoms with Crippen LogP contribution in [0, 0.1) is 0 Å². The Morgan fingerprint density at radius 1 is 1.00 bits per heavy atom. The van der Waals surface area contributed by atoms with Crippen LogP contribution in [0.25, 0.3) is 0 Å². The number of para-hydroxylation sites is 1. The maximum absolute atomic E-state index is 8.59. The number of benzene rings is 2. The van der Waals surface area contributed by atoms with E-state index in [4.69, 9.17) is 9.94 Å². The van der Waals surface area contributed by atoms with Gasteiger partial charge in [-0.1, -0.05) is 35.5 Å². The van der Waals surface area contributed by atoms with E-state index in [9.17, 15) is 0 Å². The van der Waals surface area contributed by atoms with Gasteiger partial charge < -0.3 is 9.94 Å². The van der Waals surface area contributed by atoms with Gasteiger partial charge in [0.25, 0.3) is 0 Å². The van der Waals surface area contributed by atoms with Crippen LogP contribution >= 0.6 is 0 Å². The molecule has 1 N–H and O–H groups in total. The number of hydrogen-bond donors (Lipinski definition) is 1. The molecule has 98 valence electrons. The summed E-state index contributed by atoms with van der Waals surface area (Å²) < 4.78 is 5.72. The molecule has 0 aliphatic heterocycles. The number of oxime groups is 1. The Morgan fingerprint density at radius 3 is 2.26 bits per heavy atom.